The summed E-state index contributed by atoms with van der Waals surface area (Å²) in [5, 5.41) is 3.57. The number of piperidine rings is 1. The fourth-order valence-electron chi connectivity index (χ4n) is 2.51. The topological polar surface area (TPSA) is 53.6 Å². The summed E-state index contributed by atoms with van der Waals surface area (Å²) in [6.07, 6.45) is 3.64. The summed E-state index contributed by atoms with van der Waals surface area (Å²) in [4.78, 5) is 12.5. The van der Waals surface area contributed by atoms with Gasteiger partial charge in [0.2, 0.25) is 0 Å². The zero-order valence-electron chi connectivity index (χ0n) is 10.4. The van der Waals surface area contributed by atoms with Crippen LogP contribution in [0.4, 0.5) is 0 Å². The minimum absolute atomic E-state index is 0.0210. The Morgan fingerprint density at radius 1 is 1.24 bits per heavy atom. The fourth-order valence-corrected chi connectivity index (χ4v) is 2.51. The van der Waals surface area contributed by atoms with Crippen molar-refractivity contribution in [1.82, 2.24) is 20.3 Å². The number of hydrogen-bond acceptors (Lipinski definition) is 3. The predicted octanol–water partition coefficient (Wildman–Crippen LogP) is 2.26. The molecule has 2 N–H and O–H groups in total. The van der Waals surface area contributed by atoms with Gasteiger partial charge in [0, 0.05) is 5.69 Å². The molecule has 0 radical (unpaired) electrons. The van der Waals surface area contributed by atoms with Gasteiger partial charge in [-0.05, 0) is 51.8 Å². The lowest BCUT2D eigenvalue weighted by Crippen LogP contribution is -2.44. The number of nitrogens with zero attached hydrogens (tertiary/aromatic N) is 2. The van der Waals surface area contributed by atoms with Crippen molar-refractivity contribution < 1.29 is 0 Å². The lowest BCUT2D eigenvalue weighted by Gasteiger charge is -2.32. The fraction of sp³-hybridized carbons (Fsp3) is 0.538. The lowest BCUT2D eigenvalue weighted by molar-refractivity contribution is 0.271. The van der Waals surface area contributed by atoms with Crippen LogP contribution in [-0.2, 0) is 5.54 Å². The summed E-state index contributed by atoms with van der Waals surface area (Å²) >= 11 is 0. The molecule has 4 heteroatoms. The highest BCUT2D eigenvalue weighted by Crippen LogP contribution is 2.28. The van der Waals surface area contributed by atoms with Crippen LogP contribution in [0.2, 0.25) is 0 Å². The number of H-pyrrole nitrogens is 1. The molecule has 1 aliphatic heterocycles. The van der Waals surface area contributed by atoms with E-state index in [1.165, 1.54) is 12.8 Å². The van der Waals surface area contributed by atoms with Gasteiger partial charge in [-0.1, -0.05) is 0 Å². The molecule has 1 saturated heterocycles. The third-order valence-electron chi connectivity index (χ3n) is 3.63. The van der Waals surface area contributed by atoms with Gasteiger partial charge in [-0.25, -0.2) is 9.97 Å². The van der Waals surface area contributed by atoms with Crippen LogP contribution in [0.5, 0.6) is 0 Å². The molecule has 1 atom stereocenters. The van der Waals surface area contributed by atoms with E-state index in [1.807, 2.05) is 13.0 Å². The molecule has 0 aliphatic carbocycles. The zero-order chi connectivity index (χ0) is 11.9. The van der Waals surface area contributed by atoms with Gasteiger partial charge in [-0.3, -0.25) is 0 Å². The highest BCUT2D eigenvalue weighted by molar-refractivity contribution is 5.70. The average molecular weight is 230 g/mol. The van der Waals surface area contributed by atoms with Gasteiger partial charge in [0.1, 0.15) is 5.82 Å². The monoisotopic (exact) mass is 230 g/mol. The highest BCUT2D eigenvalue weighted by atomic mass is 15.1. The quantitative estimate of drug-likeness (QED) is 0.790. The number of imidazole rings is 1. The van der Waals surface area contributed by atoms with E-state index in [0.29, 0.717) is 0 Å². The highest BCUT2D eigenvalue weighted by Gasteiger charge is 2.31. The summed E-state index contributed by atoms with van der Waals surface area (Å²) in [6.45, 7) is 5.28. The molecule has 2 aromatic rings. The first kappa shape index (κ1) is 10.7. The van der Waals surface area contributed by atoms with E-state index in [0.717, 1.165) is 35.6 Å². The molecule has 0 saturated carbocycles. The Balaban J connectivity index is 2.05. The van der Waals surface area contributed by atoms with E-state index in [-0.39, 0.29) is 5.54 Å². The van der Waals surface area contributed by atoms with E-state index in [2.05, 4.69) is 33.3 Å². The smallest absolute Gasteiger partial charge is 0.178 e. The van der Waals surface area contributed by atoms with E-state index >= 15 is 0 Å². The van der Waals surface area contributed by atoms with E-state index in [9.17, 15) is 0 Å². The Hall–Kier alpha value is -1.42. The minimum Gasteiger partial charge on any atom is -0.339 e. The van der Waals surface area contributed by atoms with Crippen molar-refractivity contribution in [2.24, 2.45) is 0 Å². The number of nitrogens with one attached hydrogen (secondary N) is 2. The van der Waals surface area contributed by atoms with Gasteiger partial charge in [-0.15, -0.1) is 0 Å². The Bertz CT molecular complexity index is 537. The number of aromatic nitrogens is 3. The Morgan fingerprint density at radius 2 is 2.12 bits per heavy atom. The maximum atomic E-state index is 4.64. The average Bonchev–Trinajstić information content (AvgIpc) is 2.73. The summed E-state index contributed by atoms with van der Waals surface area (Å²) in [5.74, 6) is 1.02. The second kappa shape index (κ2) is 3.81. The zero-order valence-corrected chi connectivity index (χ0v) is 10.4. The van der Waals surface area contributed by atoms with Crippen LogP contribution in [0.1, 0.15) is 37.7 Å². The van der Waals surface area contributed by atoms with Crippen molar-refractivity contribution in [1.29, 1.82) is 0 Å². The summed E-state index contributed by atoms with van der Waals surface area (Å²) < 4.78 is 0. The summed E-state index contributed by atoms with van der Waals surface area (Å²) in [7, 11) is 0. The predicted molar refractivity (Wildman–Crippen MR) is 67.8 cm³/mol. The Labute approximate surface area is 101 Å². The Morgan fingerprint density at radius 3 is 2.88 bits per heavy atom. The third-order valence-corrected chi connectivity index (χ3v) is 3.63. The van der Waals surface area contributed by atoms with Crippen molar-refractivity contribution >= 4 is 11.2 Å². The molecule has 1 fully saturated rings. The molecular formula is C13H18N4. The van der Waals surface area contributed by atoms with Crippen LogP contribution in [0, 0.1) is 6.92 Å². The van der Waals surface area contributed by atoms with Crippen LogP contribution in [0.3, 0.4) is 0 Å². The maximum absolute atomic E-state index is 4.64. The number of fused-ring (bicyclic) bond motifs is 1. The molecule has 0 amide bonds. The number of hydrogen-bond donors (Lipinski definition) is 2. The van der Waals surface area contributed by atoms with Gasteiger partial charge < -0.3 is 10.3 Å². The Kier molecular flexibility index (Phi) is 2.40. The molecule has 17 heavy (non-hydrogen) atoms. The SMILES string of the molecule is Cc1ccc2[nH]c(C3(C)CCCCN3)nc2n1. The lowest BCUT2D eigenvalue weighted by atomic mass is 9.90. The first-order valence-corrected chi connectivity index (χ1v) is 6.26. The normalized spacial score (nSPS) is 25.3. The maximum Gasteiger partial charge on any atom is 0.178 e. The standard InChI is InChI=1S/C13H18N4/c1-9-5-6-10-11(15-9)17-12(16-10)13(2)7-3-4-8-14-13/h5-6,14H,3-4,7-8H2,1-2H3,(H,15,16,17). The summed E-state index contributed by atoms with van der Waals surface area (Å²) in [6, 6.07) is 4.07. The summed E-state index contributed by atoms with van der Waals surface area (Å²) in [5.41, 5.74) is 2.84. The second-order valence-corrected chi connectivity index (χ2v) is 5.13. The molecule has 0 aromatic carbocycles. The van der Waals surface area contributed by atoms with Crippen molar-refractivity contribution in [2.75, 3.05) is 6.54 Å². The van der Waals surface area contributed by atoms with Gasteiger partial charge in [0.25, 0.3) is 0 Å². The van der Waals surface area contributed by atoms with Crippen LogP contribution in [0.25, 0.3) is 11.2 Å². The molecule has 0 bridgehead atoms. The molecule has 2 aromatic heterocycles. The molecule has 1 unspecified atom stereocenters. The van der Waals surface area contributed by atoms with E-state index in [1.54, 1.807) is 0 Å². The van der Waals surface area contributed by atoms with Gasteiger partial charge in [0.15, 0.2) is 5.65 Å². The van der Waals surface area contributed by atoms with Crippen molar-refractivity contribution in [3.8, 4) is 0 Å². The van der Waals surface area contributed by atoms with Crippen molar-refractivity contribution in [3.05, 3.63) is 23.7 Å². The molecule has 0 spiro atoms. The number of rotatable bonds is 1. The molecule has 3 rings (SSSR count). The largest absolute Gasteiger partial charge is 0.339 e. The number of pyridine rings is 1. The first-order valence-electron chi connectivity index (χ1n) is 6.26. The molecule has 4 nitrogen and oxygen atoms in total. The first-order chi connectivity index (χ1) is 8.17. The minimum atomic E-state index is -0.0210. The van der Waals surface area contributed by atoms with Crippen LogP contribution < -0.4 is 5.32 Å². The van der Waals surface area contributed by atoms with Crippen LogP contribution in [-0.4, -0.2) is 21.5 Å². The van der Waals surface area contributed by atoms with Crippen LogP contribution >= 0.6 is 0 Å². The molecule has 1 aliphatic rings. The third kappa shape index (κ3) is 1.82. The van der Waals surface area contributed by atoms with E-state index < -0.39 is 0 Å². The van der Waals surface area contributed by atoms with Crippen molar-refractivity contribution in [2.45, 2.75) is 38.6 Å². The van der Waals surface area contributed by atoms with Gasteiger partial charge in [0.05, 0.1) is 11.1 Å². The van der Waals surface area contributed by atoms with Crippen molar-refractivity contribution in [3.63, 3.8) is 0 Å². The molecule has 3 heterocycles. The number of aryl methyl sites for hydroxylation is 1. The van der Waals surface area contributed by atoms with Crippen LogP contribution in [0.15, 0.2) is 12.1 Å². The van der Waals surface area contributed by atoms with E-state index in [4.69, 9.17) is 0 Å². The van der Waals surface area contributed by atoms with Gasteiger partial charge in [-0.2, -0.15) is 0 Å². The number of aromatic amines is 1. The van der Waals surface area contributed by atoms with Gasteiger partial charge >= 0.3 is 0 Å². The molecular weight excluding hydrogens is 212 g/mol. The second-order valence-electron chi connectivity index (χ2n) is 5.13. The molecule has 90 valence electrons.